The van der Waals surface area contributed by atoms with Crippen LogP contribution in [0.5, 0.6) is 0 Å². The molecule has 1 unspecified atom stereocenters. The maximum absolute atomic E-state index is 9.65. The van der Waals surface area contributed by atoms with E-state index in [2.05, 4.69) is 39.2 Å². The third-order valence-corrected chi connectivity index (χ3v) is 5.89. The Balaban J connectivity index is 3.34. The number of aliphatic hydroxyl groups is 1. The van der Waals surface area contributed by atoms with Gasteiger partial charge >= 0.3 is 0 Å². The molecule has 0 amide bonds. The summed E-state index contributed by atoms with van der Waals surface area (Å²) in [6.45, 7) is 15.1. The first-order valence-electron chi connectivity index (χ1n) is 12.3. The summed E-state index contributed by atoms with van der Waals surface area (Å²) >= 11 is 0. The fourth-order valence-corrected chi connectivity index (χ4v) is 3.79. The number of hydrogen-bond acceptors (Lipinski definition) is 2. The molecular formula is C26H51NO. The van der Waals surface area contributed by atoms with Crippen molar-refractivity contribution in [3.05, 3.63) is 24.6 Å². The van der Waals surface area contributed by atoms with E-state index in [-0.39, 0.29) is 11.7 Å². The Bertz CT molecular complexity index is 375. The average molecular weight is 394 g/mol. The molecule has 28 heavy (non-hydrogen) atoms. The first kappa shape index (κ1) is 27.1. The monoisotopic (exact) mass is 393 g/mol. The molecule has 0 aliphatic carbocycles. The van der Waals surface area contributed by atoms with Gasteiger partial charge in [-0.1, -0.05) is 124 Å². The van der Waals surface area contributed by atoms with Gasteiger partial charge in [-0.15, -0.1) is 0 Å². The molecule has 2 N–H and O–H groups in total. The highest BCUT2D eigenvalue weighted by Gasteiger charge is 2.16. The third kappa shape index (κ3) is 17.2. The van der Waals surface area contributed by atoms with E-state index in [4.69, 9.17) is 0 Å². The van der Waals surface area contributed by atoms with Gasteiger partial charge < -0.3 is 10.4 Å². The predicted molar refractivity (Wildman–Crippen MR) is 127 cm³/mol. The van der Waals surface area contributed by atoms with Crippen molar-refractivity contribution in [2.24, 2.45) is 11.8 Å². The first-order chi connectivity index (χ1) is 13.5. The highest BCUT2D eigenvalue weighted by atomic mass is 16.3. The van der Waals surface area contributed by atoms with Crippen molar-refractivity contribution in [2.45, 2.75) is 124 Å². The zero-order valence-electron chi connectivity index (χ0n) is 19.5. The molecule has 0 rings (SSSR count). The molecule has 0 spiro atoms. The van der Waals surface area contributed by atoms with Gasteiger partial charge in [0.25, 0.3) is 0 Å². The van der Waals surface area contributed by atoms with E-state index >= 15 is 0 Å². The van der Waals surface area contributed by atoms with Crippen LogP contribution in [0.25, 0.3) is 0 Å². The number of hydrogen-bond donors (Lipinski definition) is 2. The fraction of sp³-hybridized carbons (Fsp3) is 0.846. The maximum Gasteiger partial charge on any atom is 0.0902 e. The summed E-state index contributed by atoms with van der Waals surface area (Å²) < 4.78 is 0. The second kappa shape index (κ2) is 19.4. The number of aliphatic hydroxyl groups excluding tert-OH is 1. The minimum Gasteiger partial charge on any atom is -0.513 e. The van der Waals surface area contributed by atoms with Crippen LogP contribution in [0.15, 0.2) is 24.6 Å². The second-order valence-corrected chi connectivity index (χ2v) is 9.03. The highest BCUT2D eigenvalue weighted by Crippen LogP contribution is 2.17. The summed E-state index contributed by atoms with van der Waals surface area (Å²) in [5, 5.41) is 13.0. The second-order valence-electron chi connectivity index (χ2n) is 9.03. The van der Waals surface area contributed by atoms with Gasteiger partial charge in [-0.2, -0.15) is 0 Å². The van der Waals surface area contributed by atoms with Crippen molar-refractivity contribution in [2.75, 3.05) is 6.54 Å². The molecule has 2 heteroatoms. The Labute approximate surface area is 177 Å². The van der Waals surface area contributed by atoms with E-state index in [1.54, 1.807) is 0 Å². The molecule has 0 heterocycles. The van der Waals surface area contributed by atoms with Crippen LogP contribution >= 0.6 is 0 Å². The van der Waals surface area contributed by atoms with E-state index in [0.29, 0.717) is 5.92 Å². The lowest BCUT2D eigenvalue weighted by Gasteiger charge is -2.21. The average Bonchev–Trinajstić information content (AvgIpc) is 2.64. The molecule has 0 fully saturated rings. The van der Waals surface area contributed by atoms with Crippen LogP contribution in [0.1, 0.15) is 124 Å². The molecule has 166 valence electrons. The lowest BCUT2D eigenvalue weighted by molar-refractivity contribution is 0.280. The Morgan fingerprint density at radius 1 is 0.714 bits per heavy atom. The third-order valence-electron chi connectivity index (χ3n) is 5.89. The molecule has 0 saturated carbocycles. The Morgan fingerprint density at radius 3 is 1.46 bits per heavy atom. The Kier molecular flexibility index (Phi) is 18.8. The molecule has 0 aliphatic rings. The minimum absolute atomic E-state index is 0.109. The highest BCUT2D eigenvalue weighted by molar-refractivity contribution is 4.97. The van der Waals surface area contributed by atoms with Crippen molar-refractivity contribution in [3.63, 3.8) is 0 Å². The molecule has 2 nitrogen and oxygen atoms in total. The maximum atomic E-state index is 9.65. The van der Waals surface area contributed by atoms with Crippen molar-refractivity contribution in [1.29, 1.82) is 0 Å². The smallest absolute Gasteiger partial charge is 0.0902 e. The molecule has 0 bridgehead atoms. The van der Waals surface area contributed by atoms with Crippen LogP contribution in [0.2, 0.25) is 0 Å². The quantitative estimate of drug-likeness (QED) is 0.151. The van der Waals surface area contributed by atoms with E-state index in [0.717, 1.165) is 18.7 Å². The van der Waals surface area contributed by atoms with Gasteiger partial charge in [-0.25, -0.2) is 0 Å². The molecule has 0 aromatic rings. The molecule has 0 aromatic carbocycles. The number of allylic oxidation sites excluding steroid dienone is 1. The SMILES string of the molecule is C=C(CCCCCCCCCCCCCCCCC)NCC(C(=C)O)C(C)C. The van der Waals surface area contributed by atoms with E-state index in [1.807, 2.05) is 0 Å². The largest absolute Gasteiger partial charge is 0.513 e. The van der Waals surface area contributed by atoms with Crippen LogP contribution in [-0.2, 0) is 0 Å². The zero-order chi connectivity index (χ0) is 21.0. The van der Waals surface area contributed by atoms with Crippen molar-refractivity contribution >= 4 is 0 Å². The standard InChI is InChI=1S/C26H51NO/c1-6-7-8-9-10-11-12-13-14-15-16-17-18-19-20-21-24(4)27-22-26(23(2)3)25(5)28/h23,26-28H,4-22H2,1-3H3. The minimum atomic E-state index is 0.109. The molecule has 0 saturated heterocycles. The van der Waals surface area contributed by atoms with Crippen LogP contribution in [0.4, 0.5) is 0 Å². The number of unbranched alkanes of at least 4 members (excludes halogenated alkanes) is 14. The summed E-state index contributed by atoms with van der Waals surface area (Å²) in [7, 11) is 0. The van der Waals surface area contributed by atoms with Gasteiger partial charge in [0.05, 0.1) is 5.76 Å². The van der Waals surface area contributed by atoms with Crippen LogP contribution in [0.3, 0.4) is 0 Å². The van der Waals surface area contributed by atoms with Crippen LogP contribution < -0.4 is 5.32 Å². The first-order valence-corrected chi connectivity index (χ1v) is 12.3. The predicted octanol–water partition coefficient (Wildman–Crippen LogP) is 8.70. The summed E-state index contributed by atoms with van der Waals surface area (Å²) in [4.78, 5) is 0. The zero-order valence-corrected chi connectivity index (χ0v) is 19.5. The Morgan fingerprint density at radius 2 is 1.11 bits per heavy atom. The topological polar surface area (TPSA) is 32.3 Å². The van der Waals surface area contributed by atoms with E-state index in [1.165, 1.54) is 96.3 Å². The van der Waals surface area contributed by atoms with Crippen molar-refractivity contribution < 1.29 is 5.11 Å². The molecule has 0 radical (unpaired) electrons. The lowest BCUT2D eigenvalue weighted by atomic mass is 9.94. The fourth-order valence-electron chi connectivity index (χ4n) is 3.79. The van der Waals surface area contributed by atoms with Gasteiger partial charge in [0.15, 0.2) is 0 Å². The van der Waals surface area contributed by atoms with Gasteiger partial charge in [0, 0.05) is 18.2 Å². The summed E-state index contributed by atoms with van der Waals surface area (Å²) in [5.74, 6) is 0.781. The van der Waals surface area contributed by atoms with E-state index in [9.17, 15) is 5.11 Å². The normalized spacial score (nSPS) is 12.3. The number of rotatable bonds is 21. The van der Waals surface area contributed by atoms with Crippen molar-refractivity contribution in [1.82, 2.24) is 5.32 Å². The Hall–Kier alpha value is -0.920. The van der Waals surface area contributed by atoms with Crippen molar-refractivity contribution in [3.8, 4) is 0 Å². The number of nitrogens with one attached hydrogen (secondary N) is 1. The van der Waals surface area contributed by atoms with E-state index < -0.39 is 0 Å². The molecule has 1 atom stereocenters. The molecule has 0 aromatic heterocycles. The summed E-state index contributed by atoms with van der Waals surface area (Å²) in [6, 6.07) is 0. The summed E-state index contributed by atoms with van der Waals surface area (Å²) in [5.41, 5.74) is 1.10. The van der Waals surface area contributed by atoms with Gasteiger partial charge in [-0.3, -0.25) is 0 Å². The molecule has 0 aliphatic heterocycles. The van der Waals surface area contributed by atoms with Gasteiger partial charge in [0.1, 0.15) is 0 Å². The van der Waals surface area contributed by atoms with Gasteiger partial charge in [-0.05, 0) is 18.8 Å². The van der Waals surface area contributed by atoms with Crippen LogP contribution in [-0.4, -0.2) is 11.7 Å². The lowest BCUT2D eigenvalue weighted by Crippen LogP contribution is -2.26. The summed E-state index contributed by atoms with van der Waals surface area (Å²) in [6.07, 6.45) is 22.0. The van der Waals surface area contributed by atoms with Crippen LogP contribution in [0, 0.1) is 11.8 Å². The van der Waals surface area contributed by atoms with Gasteiger partial charge in [0.2, 0.25) is 0 Å². The molecular weight excluding hydrogens is 342 g/mol.